The molecular weight excluding hydrogens is 268 g/mol. The number of nitrogens with one attached hydrogen (secondary N) is 2. The molecule has 20 heavy (non-hydrogen) atoms. The number of amides is 1. The third-order valence-electron chi connectivity index (χ3n) is 4.86. The van der Waals surface area contributed by atoms with Gasteiger partial charge in [-0.1, -0.05) is 13.0 Å². The average molecular weight is 292 g/mol. The van der Waals surface area contributed by atoms with Crippen LogP contribution in [0.4, 0.5) is 0 Å². The van der Waals surface area contributed by atoms with Crippen LogP contribution in [0.5, 0.6) is 0 Å². The van der Waals surface area contributed by atoms with Crippen molar-refractivity contribution in [3.8, 4) is 0 Å². The number of hydrogen-bond donors (Lipinski definition) is 2. The summed E-state index contributed by atoms with van der Waals surface area (Å²) in [4.78, 5) is 13.7. The van der Waals surface area contributed by atoms with Gasteiger partial charge >= 0.3 is 0 Å². The van der Waals surface area contributed by atoms with Crippen molar-refractivity contribution in [3.05, 3.63) is 22.4 Å². The first-order valence-corrected chi connectivity index (χ1v) is 8.58. The highest BCUT2D eigenvalue weighted by molar-refractivity contribution is 7.09. The Morgan fingerprint density at radius 2 is 2.35 bits per heavy atom. The summed E-state index contributed by atoms with van der Waals surface area (Å²) in [6.07, 6.45) is 4.53. The predicted molar refractivity (Wildman–Crippen MR) is 82.8 cm³/mol. The zero-order chi connectivity index (χ0) is 14.0. The van der Waals surface area contributed by atoms with Crippen molar-refractivity contribution >= 4 is 17.2 Å². The van der Waals surface area contributed by atoms with E-state index in [1.54, 1.807) is 11.3 Å². The van der Waals surface area contributed by atoms with Crippen LogP contribution in [0.2, 0.25) is 0 Å². The van der Waals surface area contributed by atoms with Crippen LogP contribution in [0.3, 0.4) is 0 Å². The maximum Gasteiger partial charge on any atom is 0.223 e. The van der Waals surface area contributed by atoms with E-state index in [4.69, 9.17) is 0 Å². The average Bonchev–Trinajstić information content (AvgIpc) is 2.90. The number of carbonyl (C=O) groups is 1. The zero-order valence-electron chi connectivity index (χ0n) is 12.2. The minimum atomic E-state index is 0.290. The predicted octanol–water partition coefficient (Wildman–Crippen LogP) is 2.43. The van der Waals surface area contributed by atoms with Crippen LogP contribution in [-0.2, 0) is 11.2 Å². The SMILES string of the molecule is CC(CNC(=O)C1CC12CCNCC2)Cc1cccs1. The number of thiophene rings is 1. The molecule has 0 aromatic carbocycles. The lowest BCUT2D eigenvalue weighted by Gasteiger charge is -2.23. The summed E-state index contributed by atoms with van der Waals surface area (Å²) in [6, 6.07) is 4.27. The zero-order valence-corrected chi connectivity index (χ0v) is 13.0. The number of hydrogen-bond acceptors (Lipinski definition) is 3. The summed E-state index contributed by atoms with van der Waals surface area (Å²) in [5.41, 5.74) is 0.353. The Labute approximate surface area is 125 Å². The minimum Gasteiger partial charge on any atom is -0.356 e. The Kier molecular flexibility index (Phi) is 4.13. The fraction of sp³-hybridized carbons (Fsp3) is 0.688. The Morgan fingerprint density at radius 1 is 1.55 bits per heavy atom. The molecule has 2 fully saturated rings. The van der Waals surface area contributed by atoms with Crippen molar-refractivity contribution in [1.82, 2.24) is 10.6 Å². The van der Waals surface area contributed by atoms with Gasteiger partial charge < -0.3 is 10.6 Å². The van der Waals surface area contributed by atoms with Gasteiger partial charge in [0.25, 0.3) is 0 Å². The lowest BCUT2D eigenvalue weighted by atomic mass is 9.91. The van der Waals surface area contributed by atoms with E-state index in [0.29, 0.717) is 23.2 Å². The van der Waals surface area contributed by atoms with Crippen molar-refractivity contribution in [1.29, 1.82) is 0 Å². The highest BCUT2D eigenvalue weighted by Crippen LogP contribution is 2.58. The van der Waals surface area contributed by atoms with Crippen LogP contribution >= 0.6 is 11.3 Å². The Morgan fingerprint density at radius 3 is 3.05 bits per heavy atom. The van der Waals surface area contributed by atoms with Gasteiger partial charge in [0.05, 0.1) is 0 Å². The lowest BCUT2D eigenvalue weighted by Crippen LogP contribution is -2.35. The van der Waals surface area contributed by atoms with E-state index in [2.05, 4.69) is 35.1 Å². The van der Waals surface area contributed by atoms with Crippen LogP contribution < -0.4 is 10.6 Å². The van der Waals surface area contributed by atoms with Crippen LogP contribution in [0.15, 0.2) is 17.5 Å². The van der Waals surface area contributed by atoms with Crippen LogP contribution in [0.1, 0.15) is 31.1 Å². The van der Waals surface area contributed by atoms with E-state index in [0.717, 1.165) is 32.5 Å². The fourth-order valence-corrected chi connectivity index (χ4v) is 4.31. The van der Waals surface area contributed by atoms with E-state index in [9.17, 15) is 4.79 Å². The van der Waals surface area contributed by atoms with E-state index in [1.165, 1.54) is 17.7 Å². The number of carbonyl (C=O) groups excluding carboxylic acids is 1. The Hall–Kier alpha value is -0.870. The number of piperidine rings is 1. The Bertz CT molecular complexity index is 451. The second-order valence-electron chi connectivity index (χ2n) is 6.50. The molecule has 3 nitrogen and oxygen atoms in total. The molecule has 4 heteroatoms. The van der Waals surface area contributed by atoms with Crippen LogP contribution in [-0.4, -0.2) is 25.5 Å². The van der Waals surface area contributed by atoms with Gasteiger partial charge in [0.15, 0.2) is 0 Å². The maximum absolute atomic E-state index is 12.3. The van der Waals surface area contributed by atoms with Gasteiger partial charge in [-0.3, -0.25) is 4.79 Å². The van der Waals surface area contributed by atoms with Gasteiger partial charge in [-0.2, -0.15) is 0 Å². The summed E-state index contributed by atoms with van der Waals surface area (Å²) in [6.45, 7) is 5.19. The molecule has 2 heterocycles. The molecular formula is C16H24N2OS. The topological polar surface area (TPSA) is 41.1 Å². The maximum atomic E-state index is 12.3. The first kappa shape index (κ1) is 14.1. The molecule has 0 radical (unpaired) electrons. The third kappa shape index (κ3) is 3.07. The first-order chi connectivity index (χ1) is 9.70. The number of rotatable bonds is 5. The normalized spacial score (nSPS) is 25.4. The molecule has 0 bridgehead atoms. The van der Waals surface area contributed by atoms with Crippen molar-refractivity contribution in [3.63, 3.8) is 0 Å². The smallest absolute Gasteiger partial charge is 0.223 e. The summed E-state index contributed by atoms with van der Waals surface area (Å²) < 4.78 is 0. The Balaban J connectivity index is 1.41. The van der Waals surface area contributed by atoms with Gasteiger partial charge in [-0.15, -0.1) is 11.3 Å². The van der Waals surface area contributed by atoms with Gasteiger partial charge in [-0.25, -0.2) is 0 Å². The molecule has 2 atom stereocenters. The van der Waals surface area contributed by atoms with Gasteiger partial charge in [0.2, 0.25) is 5.91 Å². The largest absolute Gasteiger partial charge is 0.356 e. The highest BCUT2D eigenvalue weighted by atomic mass is 32.1. The molecule has 1 aliphatic heterocycles. The molecule has 2 aliphatic rings. The van der Waals surface area contributed by atoms with Crippen molar-refractivity contribution in [2.75, 3.05) is 19.6 Å². The minimum absolute atomic E-state index is 0.290. The molecule has 110 valence electrons. The molecule has 1 saturated carbocycles. The van der Waals surface area contributed by atoms with E-state index in [1.807, 2.05) is 0 Å². The molecule has 1 amide bonds. The first-order valence-electron chi connectivity index (χ1n) is 7.70. The van der Waals surface area contributed by atoms with Crippen molar-refractivity contribution in [2.24, 2.45) is 17.3 Å². The second kappa shape index (κ2) is 5.86. The van der Waals surface area contributed by atoms with E-state index < -0.39 is 0 Å². The molecule has 1 aromatic heterocycles. The summed E-state index contributed by atoms with van der Waals surface area (Å²) >= 11 is 1.80. The molecule has 2 N–H and O–H groups in total. The molecule has 1 aliphatic carbocycles. The summed E-state index contributed by atoms with van der Waals surface area (Å²) in [7, 11) is 0. The van der Waals surface area contributed by atoms with E-state index >= 15 is 0 Å². The quantitative estimate of drug-likeness (QED) is 0.875. The molecule has 1 spiro atoms. The highest BCUT2D eigenvalue weighted by Gasteiger charge is 2.57. The molecule has 2 unspecified atom stereocenters. The van der Waals surface area contributed by atoms with Crippen molar-refractivity contribution in [2.45, 2.75) is 32.6 Å². The van der Waals surface area contributed by atoms with Crippen LogP contribution in [0.25, 0.3) is 0 Å². The third-order valence-corrected chi connectivity index (χ3v) is 5.76. The van der Waals surface area contributed by atoms with Gasteiger partial charge in [0, 0.05) is 17.3 Å². The molecule has 1 aromatic rings. The summed E-state index contributed by atoms with van der Waals surface area (Å²) in [5, 5.41) is 8.67. The van der Waals surface area contributed by atoms with E-state index in [-0.39, 0.29) is 0 Å². The molecule has 3 rings (SSSR count). The van der Waals surface area contributed by atoms with Crippen LogP contribution in [0, 0.1) is 17.3 Å². The second-order valence-corrected chi connectivity index (χ2v) is 7.54. The van der Waals surface area contributed by atoms with Crippen molar-refractivity contribution < 1.29 is 4.79 Å². The standard InChI is InChI=1S/C16H24N2OS/c1-12(9-13-3-2-8-20-13)11-18-15(19)14-10-16(14)4-6-17-7-5-16/h2-3,8,12,14,17H,4-7,9-11H2,1H3,(H,18,19). The fourth-order valence-electron chi connectivity index (χ4n) is 3.44. The monoisotopic (exact) mass is 292 g/mol. The lowest BCUT2D eigenvalue weighted by molar-refractivity contribution is -0.123. The summed E-state index contributed by atoms with van der Waals surface area (Å²) in [5.74, 6) is 1.10. The van der Waals surface area contributed by atoms with Gasteiger partial charge in [0.1, 0.15) is 0 Å². The van der Waals surface area contributed by atoms with Gasteiger partial charge in [-0.05, 0) is 61.6 Å². The molecule has 1 saturated heterocycles.